The van der Waals surface area contributed by atoms with Crippen molar-refractivity contribution in [2.75, 3.05) is 0 Å². The van der Waals surface area contributed by atoms with Gasteiger partial charge in [-0.3, -0.25) is 0 Å². The number of fused-ring (bicyclic) bond motifs is 1. The van der Waals surface area contributed by atoms with Crippen LogP contribution in [0.25, 0.3) is 22.3 Å². The number of aromatic amines is 1. The summed E-state index contributed by atoms with van der Waals surface area (Å²) < 4.78 is 1.92. The van der Waals surface area contributed by atoms with Crippen molar-refractivity contribution in [3.8, 4) is 11.3 Å². The van der Waals surface area contributed by atoms with Gasteiger partial charge < -0.3 is 14.7 Å². The first-order chi connectivity index (χ1) is 8.66. The van der Waals surface area contributed by atoms with Crippen LogP contribution in [0.2, 0.25) is 0 Å². The summed E-state index contributed by atoms with van der Waals surface area (Å²) in [7, 11) is 1.92. The van der Waals surface area contributed by atoms with E-state index in [0.29, 0.717) is 0 Å². The molecule has 3 aromatic heterocycles. The molecule has 0 saturated carbocycles. The number of carboxylic acids is 1. The van der Waals surface area contributed by atoms with E-state index in [9.17, 15) is 4.79 Å². The topological polar surface area (TPSA) is 70.9 Å². The molecule has 0 aliphatic heterocycles. The molecule has 5 nitrogen and oxygen atoms in total. The standard InChI is InChI=1S/C13H11N3O2/c1-16-7-9(8-3-2-6-14-12(8)16)10-4-5-11(15-10)13(17)18/h2-7,15H,1H3,(H,17,18). The normalized spacial score (nSPS) is 10.9. The van der Waals surface area contributed by atoms with Gasteiger partial charge in [0.25, 0.3) is 0 Å². The summed E-state index contributed by atoms with van der Waals surface area (Å²) >= 11 is 0. The number of H-pyrrole nitrogens is 1. The van der Waals surface area contributed by atoms with Crippen molar-refractivity contribution < 1.29 is 9.90 Å². The number of carboxylic acid groups (broad SMARTS) is 1. The number of aryl methyl sites for hydroxylation is 1. The Balaban J connectivity index is 2.22. The highest BCUT2D eigenvalue weighted by molar-refractivity contribution is 5.94. The molecule has 0 aliphatic rings. The summed E-state index contributed by atoms with van der Waals surface area (Å²) in [5.41, 5.74) is 2.80. The zero-order chi connectivity index (χ0) is 12.7. The molecule has 0 atom stereocenters. The molecule has 0 amide bonds. The highest BCUT2D eigenvalue weighted by Crippen LogP contribution is 2.28. The second kappa shape index (κ2) is 3.73. The van der Waals surface area contributed by atoms with E-state index in [-0.39, 0.29) is 5.69 Å². The number of hydrogen-bond acceptors (Lipinski definition) is 2. The van der Waals surface area contributed by atoms with E-state index in [1.54, 1.807) is 18.3 Å². The maximum atomic E-state index is 10.9. The average Bonchev–Trinajstić information content (AvgIpc) is 2.95. The second-order valence-corrected chi connectivity index (χ2v) is 4.12. The molecule has 0 fully saturated rings. The van der Waals surface area contributed by atoms with Gasteiger partial charge in [0.15, 0.2) is 0 Å². The van der Waals surface area contributed by atoms with Crippen molar-refractivity contribution in [1.29, 1.82) is 0 Å². The molecule has 5 heteroatoms. The fraction of sp³-hybridized carbons (Fsp3) is 0.0769. The second-order valence-electron chi connectivity index (χ2n) is 4.12. The minimum atomic E-state index is -0.959. The highest BCUT2D eigenvalue weighted by atomic mass is 16.4. The third kappa shape index (κ3) is 1.48. The zero-order valence-corrected chi connectivity index (χ0v) is 9.71. The Labute approximate surface area is 103 Å². The first-order valence-electron chi connectivity index (χ1n) is 5.49. The largest absolute Gasteiger partial charge is 0.477 e. The molecule has 0 radical (unpaired) electrons. The van der Waals surface area contributed by atoms with E-state index >= 15 is 0 Å². The Morgan fingerprint density at radius 1 is 1.39 bits per heavy atom. The minimum Gasteiger partial charge on any atom is -0.477 e. The number of aromatic carboxylic acids is 1. The quantitative estimate of drug-likeness (QED) is 0.723. The summed E-state index contributed by atoms with van der Waals surface area (Å²) in [6, 6.07) is 7.17. The van der Waals surface area contributed by atoms with Crippen molar-refractivity contribution >= 4 is 17.0 Å². The van der Waals surface area contributed by atoms with Gasteiger partial charge >= 0.3 is 5.97 Å². The molecular weight excluding hydrogens is 230 g/mol. The van der Waals surface area contributed by atoms with E-state index in [1.165, 1.54) is 0 Å². The van der Waals surface area contributed by atoms with Gasteiger partial charge in [-0.1, -0.05) is 0 Å². The maximum absolute atomic E-state index is 10.9. The van der Waals surface area contributed by atoms with Gasteiger partial charge in [-0.25, -0.2) is 9.78 Å². The Kier molecular flexibility index (Phi) is 2.19. The lowest BCUT2D eigenvalue weighted by Gasteiger charge is -1.94. The van der Waals surface area contributed by atoms with Crippen molar-refractivity contribution in [1.82, 2.24) is 14.5 Å². The van der Waals surface area contributed by atoms with Crippen LogP contribution in [0.1, 0.15) is 10.5 Å². The summed E-state index contributed by atoms with van der Waals surface area (Å²) in [6.07, 6.45) is 3.68. The Hall–Kier alpha value is -2.56. The van der Waals surface area contributed by atoms with Crippen molar-refractivity contribution in [3.63, 3.8) is 0 Å². The van der Waals surface area contributed by atoms with Gasteiger partial charge in [-0.2, -0.15) is 0 Å². The van der Waals surface area contributed by atoms with Crippen LogP contribution in [-0.2, 0) is 7.05 Å². The molecule has 3 rings (SSSR count). The fourth-order valence-corrected chi connectivity index (χ4v) is 2.10. The Bertz CT molecular complexity index is 740. The molecule has 2 N–H and O–H groups in total. The Morgan fingerprint density at radius 3 is 2.94 bits per heavy atom. The van der Waals surface area contributed by atoms with Crippen LogP contribution in [0.4, 0.5) is 0 Å². The van der Waals surface area contributed by atoms with Crippen LogP contribution in [0.15, 0.2) is 36.7 Å². The molecule has 0 saturated heterocycles. The predicted molar refractivity (Wildman–Crippen MR) is 67.5 cm³/mol. The maximum Gasteiger partial charge on any atom is 0.352 e. The van der Waals surface area contributed by atoms with E-state index < -0.39 is 5.97 Å². The first kappa shape index (κ1) is 10.6. The van der Waals surface area contributed by atoms with Crippen LogP contribution >= 0.6 is 0 Å². The van der Waals surface area contributed by atoms with Gasteiger partial charge in [0, 0.05) is 36.1 Å². The summed E-state index contributed by atoms with van der Waals surface area (Å²) in [6.45, 7) is 0. The van der Waals surface area contributed by atoms with Crippen LogP contribution in [0, 0.1) is 0 Å². The Morgan fingerprint density at radius 2 is 2.22 bits per heavy atom. The van der Waals surface area contributed by atoms with Gasteiger partial charge in [0.2, 0.25) is 0 Å². The highest BCUT2D eigenvalue weighted by Gasteiger charge is 2.12. The van der Waals surface area contributed by atoms with E-state index in [2.05, 4.69) is 9.97 Å². The molecule has 0 aliphatic carbocycles. The lowest BCUT2D eigenvalue weighted by molar-refractivity contribution is 0.0691. The summed E-state index contributed by atoms with van der Waals surface area (Å²) in [5.74, 6) is -0.959. The van der Waals surface area contributed by atoms with Crippen molar-refractivity contribution in [2.45, 2.75) is 0 Å². The summed E-state index contributed by atoms with van der Waals surface area (Å²) in [5, 5.41) is 9.91. The molecule has 3 aromatic rings. The molecule has 0 spiro atoms. The number of nitrogens with zero attached hydrogens (tertiary/aromatic N) is 2. The average molecular weight is 241 g/mol. The zero-order valence-electron chi connectivity index (χ0n) is 9.71. The molecular formula is C13H11N3O2. The molecule has 90 valence electrons. The fourth-order valence-electron chi connectivity index (χ4n) is 2.10. The van der Waals surface area contributed by atoms with Crippen molar-refractivity contribution in [3.05, 3.63) is 42.4 Å². The third-order valence-corrected chi connectivity index (χ3v) is 2.94. The van der Waals surface area contributed by atoms with Gasteiger partial charge in [-0.05, 0) is 24.3 Å². The lowest BCUT2D eigenvalue weighted by Crippen LogP contribution is -1.95. The van der Waals surface area contributed by atoms with Crippen LogP contribution in [0.3, 0.4) is 0 Å². The van der Waals surface area contributed by atoms with Crippen molar-refractivity contribution in [2.24, 2.45) is 7.05 Å². The van der Waals surface area contributed by atoms with E-state index in [0.717, 1.165) is 22.3 Å². The van der Waals surface area contributed by atoms with Crippen LogP contribution in [0.5, 0.6) is 0 Å². The van der Waals surface area contributed by atoms with Crippen LogP contribution < -0.4 is 0 Å². The molecule has 3 heterocycles. The third-order valence-electron chi connectivity index (χ3n) is 2.94. The monoisotopic (exact) mass is 241 g/mol. The predicted octanol–water partition coefficient (Wildman–Crippen LogP) is 2.27. The lowest BCUT2D eigenvalue weighted by atomic mass is 10.2. The molecule has 18 heavy (non-hydrogen) atoms. The number of nitrogens with one attached hydrogen (secondary N) is 1. The number of carbonyl (C=O) groups is 1. The van der Waals surface area contributed by atoms with E-state index in [1.807, 2.05) is 29.9 Å². The molecule has 0 aromatic carbocycles. The van der Waals surface area contributed by atoms with Gasteiger partial charge in [-0.15, -0.1) is 0 Å². The first-order valence-corrected chi connectivity index (χ1v) is 5.49. The number of rotatable bonds is 2. The van der Waals surface area contributed by atoms with Crippen LogP contribution in [-0.4, -0.2) is 25.6 Å². The van der Waals surface area contributed by atoms with Gasteiger partial charge in [0.1, 0.15) is 11.3 Å². The van der Waals surface area contributed by atoms with Gasteiger partial charge in [0.05, 0.1) is 0 Å². The number of hydrogen-bond donors (Lipinski definition) is 2. The molecule has 0 bridgehead atoms. The number of pyridine rings is 1. The minimum absolute atomic E-state index is 0.186. The smallest absolute Gasteiger partial charge is 0.352 e. The number of aromatic nitrogens is 3. The van der Waals surface area contributed by atoms with E-state index in [4.69, 9.17) is 5.11 Å². The molecule has 0 unspecified atom stereocenters. The summed E-state index contributed by atoms with van der Waals surface area (Å²) in [4.78, 5) is 18.1. The SMILES string of the molecule is Cn1cc(-c2ccc(C(=O)O)[nH]2)c2cccnc21.